The van der Waals surface area contributed by atoms with Crippen molar-refractivity contribution in [2.45, 2.75) is 13.5 Å². The largest absolute Gasteiger partial charge is 0.490 e. The molecule has 0 aliphatic heterocycles. The normalized spacial score (nSPS) is 11.1. The number of carbonyl (C=O) groups excluding carboxylic acids is 1. The van der Waals surface area contributed by atoms with Crippen molar-refractivity contribution in [3.63, 3.8) is 0 Å². The summed E-state index contributed by atoms with van der Waals surface area (Å²) < 4.78 is 18.2. The number of nitro groups is 1. The number of hydrogen-bond acceptors (Lipinski definition) is 7. The zero-order chi connectivity index (χ0) is 25.7. The fraction of sp³-hybridized carbons (Fsp3) is 0.120. The number of ether oxygens (including phenoxy) is 2. The molecule has 0 spiro atoms. The van der Waals surface area contributed by atoms with Crippen molar-refractivity contribution in [2.75, 3.05) is 6.61 Å². The van der Waals surface area contributed by atoms with Crippen LogP contribution in [0.1, 0.15) is 28.6 Å². The zero-order valence-electron chi connectivity index (χ0n) is 18.9. The molecule has 36 heavy (non-hydrogen) atoms. The lowest BCUT2D eigenvalue weighted by atomic mass is 10.2. The minimum absolute atomic E-state index is 0.0324. The van der Waals surface area contributed by atoms with Crippen molar-refractivity contribution in [3.8, 4) is 11.5 Å². The third-order valence-corrected chi connectivity index (χ3v) is 5.94. The smallest absolute Gasteiger partial charge is 0.307 e. The van der Waals surface area contributed by atoms with E-state index >= 15 is 0 Å². The van der Waals surface area contributed by atoms with Gasteiger partial charge < -0.3 is 13.9 Å². The molecule has 4 rings (SSSR count). The Balaban J connectivity index is 1.46. The lowest BCUT2D eigenvalue weighted by Gasteiger charge is -2.14. The Morgan fingerprint density at radius 3 is 2.67 bits per heavy atom. The monoisotopic (exact) mass is 619 g/mol. The number of nitro benzene ring substituents is 1. The Bertz CT molecular complexity index is 1450. The van der Waals surface area contributed by atoms with Crippen LogP contribution >= 0.6 is 34.2 Å². The lowest BCUT2D eigenvalue weighted by molar-refractivity contribution is -0.384. The van der Waals surface area contributed by atoms with Crippen LogP contribution < -0.4 is 14.9 Å². The quantitative estimate of drug-likeness (QED) is 0.101. The first-order valence-electron chi connectivity index (χ1n) is 10.7. The van der Waals surface area contributed by atoms with Gasteiger partial charge in [0.05, 0.1) is 22.8 Å². The van der Waals surface area contributed by atoms with Gasteiger partial charge in [-0.3, -0.25) is 14.9 Å². The van der Waals surface area contributed by atoms with E-state index in [-0.39, 0.29) is 11.4 Å². The molecule has 0 bridgehead atoms. The number of nitrogens with zero attached hydrogens (tertiary/aromatic N) is 2. The van der Waals surface area contributed by atoms with E-state index in [1.807, 2.05) is 31.2 Å². The van der Waals surface area contributed by atoms with E-state index in [4.69, 9.17) is 25.5 Å². The lowest BCUT2D eigenvalue weighted by Crippen LogP contribution is -2.16. The van der Waals surface area contributed by atoms with E-state index in [2.05, 4.69) is 33.1 Å². The van der Waals surface area contributed by atoms with Gasteiger partial charge in [0.25, 0.3) is 5.69 Å². The SMILES string of the molecule is CCOc1cc(/C=N/NC(=O)c2cc3cc([N+](=O)[O-])ccc3o2)cc(Cl)c1OCc1ccc(I)cc1. The molecule has 0 radical (unpaired) electrons. The minimum atomic E-state index is -0.612. The summed E-state index contributed by atoms with van der Waals surface area (Å²) in [6.07, 6.45) is 1.41. The molecule has 0 saturated carbocycles. The fourth-order valence-electron chi connectivity index (χ4n) is 3.28. The summed E-state index contributed by atoms with van der Waals surface area (Å²) in [5, 5.41) is 15.7. The number of amides is 1. The van der Waals surface area contributed by atoms with Gasteiger partial charge in [-0.2, -0.15) is 5.10 Å². The Kier molecular flexibility index (Phi) is 8.06. The number of hydrogen-bond donors (Lipinski definition) is 1. The third-order valence-electron chi connectivity index (χ3n) is 4.94. The molecule has 0 aliphatic rings. The van der Waals surface area contributed by atoms with Crippen molar-refractivity contribution < 1.29 is 23.6 Å². The third kappa shape index (κ3) is 6.13. The van der Waals surface area contributed by atoms with E-state index in [0.29, 0.717) is 46.3 Å². The molecule has 9 nitrogen and oxygen atoms in total. The highest BCUT2D eigenvalue weighted by Crippen LogP contribution is 2.37. The molecule has 1 amide bonds. The van der Waals surface area contributed by atoms with Crippen LogP contribution in [0.4, 0.5) is 5.69 Å². The van der Waals surface area contributed by atoms with E-state index in [1.54, 1.807) is 12.1 Å². The molecule has 0 aliphatic carbocycles. The number of fused-ring (bicyclic) bond motifs is 1. The first kappa shape index (κ1) is 25.5. The van der Waals surface area contributed by atoms with Crippen molar-refractivity contribution in [1.29, 1.82) is 0 Å². The van der Waals surface area contributed by atoms with Crippen LogP contribution in [0.3, 0.4) is 0 Å². The van der Waals surface area contributed by atoms with Gasteiger partial charge in [0.1, 0.15) is 12.2 Å². The summed E-state index contributed by atoms with van der Waals surface area (Å²) in [5.41, 5.74) is 4.19. The average Bonchev–Trinajstić information content (AvgIpc) is 3.28. The summed E-state index contributed by atoms with van der Waals surface area (Å²) in [4.78, 5) is 22.8. The number of furan rings is 1. The maximum Gasteiger partial charge on any atom is 0.307 e. The maximum absolute atomic E-state index is 12.4. The van der Waals surface area contributed by atoms with Crippen molar-refractivity contribution in [2.24, 2.45) is 5.10 Å². The summed E-state index contributed by atoms with van der Waals surface area (Å²) >= 11 is 8.70. The van der Waals surface area contributed by atoms with Crippen LogP contribution in [0.5, 0.6) is 11.5 Å². The Hall–Kier alpha value is -3.64. The topological polar surface area (TPSA) is 116 Å². The number of nitrogens with one attached hydrogen (secondary N) is 1. The molecule has 0 fully saturated rings. The van der Waals surface area contributed by atoms with Gasteiger partial charge in [0.15, 0.2) is 17.3 Å². The molecule has 1 heterocycles. The van der Waals surface area contributed by atoms with Gasteiger partial charge >= 0.3 is 5.91 Å². The van der Waals surface area contributed by atoms with Crippen molar-refractivity contribution in [1.82, 2.24) is 5.43 Å². The Morgan fingerprint density at radius 2 is 1.94 bits per heavy atom. The molecule has 1 aromatic heterocycles. The molecule has 0 saturated heterocycles. The van der Waals surface area contributed by atoms with Crippen LogP contribution in [0.25, 0.3) is 11.0 Å². The maximum atomic E-state index is 12.4. The number of hydrazone groups is 1. The second-order valence-electron chi connectivity index (χ2n) is 7.47. The highest BCUT2D eigenvalue weighted by atomic mass is 127. The average molecular weight is 620 g/mol. The molecular weight excluding hydrogens is 601 g/mol. The summed E-state index contributed by atoms with van der Waals surface area (Å²) in [6, 6.07) is 16.8. The number of carbonyl (C=O) groups is 1. The van der Waals surface area contributed by atoms with E-state index in [9.17, 15) is 14.9 Å². The van der Waals surface area contributed by atoms with Gasteiger partial charge in [0.2, 0.25) is 0 Å². The first-order valence-corrected chi connectivity index (χ1v) is 12.1. The van der Waals surface area contributed by atoms with Gasteiger partial charge in [-0.05, 0) is 77.0 Å². The molecule has 4 aromatic rings. The van der Waals surface area contributed by atoms with Crippen LogP contribution in [-0.2, 0) is 6.61 Å². The molecule has 0 unspecified atom stereocenters. The molecular formula is C25H19ClIN3O6. The van der Waals surface area contributed by atoms with E-state index in [1.165, 1.54) is 30.5 Å². The summed E-state index contributed by atoms with van der Waals surface area (Å²) in [5.74, 6) is 0.213. The number of non-ortho nitro benzene ring substituents is 1. The minimum Gasteiger partial charge on any atom is -0.490 e. The molecule has 1 N–H and O–H groups in total. The van der Waals surface area contributed by atoms with Crippen molar-refractivity contribution >= 4 is 63.0 Å². The van der Waals surface area contributed by atoms with E-state index < -0.39 is 10.8 Å². The molecule has 3 aromatic carbocycles. The molecule has 0 atom stereocenters. The zero-order valence-corrected chi connectivity index (χ0v) is 21.8. The summed E-state index contributed by atoms with van der Waals surface area (Å²) in [7, 11) is 0. The predicted molar refractivity (Wildman–Crippen MR) is 144 cm³/mol. The number of halogens is 2. The molecule has 11 heteroatoms. The van der Waals surface area contributed by atoms with Crippen LogP contribution in [0.2, 0.25) is 5.02 Å². The van der Waals surface area contributed by atoms with Crippen molar-refractivity contribution in [3.05, 3.63) is 96.3 Å². The fourth-order valence-corrected chi connectivity index (χ4v) is 3.91. The summed E-state index contributed by atoms with van der Waals surface area (Å²) in [6.45, 7) is 2.57. The second kappa shape index (κ2) is 11.4. The number of benzene rings is 3. The van der Waals surface area contributed by atoms with Gasteiger partial charge in [-0.1, -0.05) is 23.7 Å². The van der Waals surface area contributed by atoms with Gasteiger partial charge in [0, 0.05) is 21.1 Å². The second-order valence-corrected chi connectivity index (χ2v) is 9.12. The number of rotatable bonds is 9. The van der Waals surface area contributed by atoms with Gasteiger partial charge in [-0.25, -0.2) is 5.43 Å². The highest BCUT2D eigenvalue weighted by molar-refractivity contribution is 14.1. The predicted octanol–water partition coefficient (Wildman–Crippen LogP) is 6.34. The van der Waals surface area contributed by atoms with E-state index in [0.717, 1.165) is 9.13 Å². The first-order chi connectivity index (χ1) is 17.3. The standard InChI is InChI=1S/C25H19ClIN3O6/c1-2-34-22-10-16(9-20(26)24(22)35-14-15-3-5-18(27)6-4-15)13-28-29-25(31)23-12-17-11-19(30(32)33)7-8-21(17)36-23/h3-13H,2,14H2,1H3,(H,29,31)/b28-13+. The Labute approximate surface area is 224 Å². The Morgan fingerprint density at radius 1 is 1.17 bits per heavy atom. The van der Waals surface area contributed by atoms with Crippen LogP contribution in [-0.4, -0.2) is 23.7 Å². The molecule has 184 valence electrons. The van der Waals surface area contributed by atoms with Gasteiger partial charge in [-0.15, -0.1) is 0 Å². The van der Waals surface area contributed by atoms with Crippen LogP contribution in [0.15, 0.2) is 70.2 Å². The van der Waals surface area contributed by atoms with Crippen LogP contribution in [0, 0.1) is 13.7 Å². The highest BCUT2D eigenvalue weighted by Gasteiger charge is 2.15.